The van der Waals surface area contributed by atoms with Crippen LogP contribution in [0.4, 0.5) is 5.69 Å². The van der Waals surface area contributed by atoms with Gasteiger partial charge in [-0.15, -0.1) is 0 Å². The molecule has 0 unspecified atom stereocenters. The molecule has 0 spiro atoms. The van der Waals surface area contributed by atoms with E-state index in [9.17, 15) is 14.7 Å². The van der Waals surface area contributed by atoms with E-state index in [4.69, 9.17) is 14.2 Å². The summed E-state index contributed by atoms with van der Waals surface area (Å²) in [5, 5.41) is 15.6. The number of nitrogens with one attached hydrogen (secondary N) is 2. The molecule has 1 aliphatic rings. The van der Waals surface area contributed by atoms with Gasteiger partial charge < -0.3 is 30.0 Å². The summed E-state index contributed by atoms with van der Waals surface area (Å²) in [6.45, 7) is 3.34. The molecule has 8 nitrogen and oxygen atoms in total. The summed E-state index contributed by atoms with van der Waals surface area (Å²) in [7, 11) is 4.67. The quantitative estimate of drug-likeness (QED) is 0.605. The monoisotopic (exact) mass is 442 g/mol. The molecule has 1 aliphatic carbocycles. The second-order valence-electron chi connectivity index (χ2n) is 7.83. The van der Waals surface area contributed by atoms with Crippen molar-refractivity contribution in [2.45, 2.75) is 38.8 Å². The molecular weight excluding hydrogens is 412 g/mol. The Balaban J connectivity index is 2.33. The largest absolute Gasteiger partial charge is 0.493 e. The Hall–Kier alpha value is -3.26. The van der Waals surface area contributed by atoms with Crippen LogP contribution < -0.4 is 30.3 Å². The smallest absolute Gasteiger partial charge is 0.217 e. The van der Waals surface area contributed by atoms with Crippen molar-refractivity contribution in [3.63, 3.8) is 0 Å². The number of benzene rings is 1. The second kappa shape index (κ2) is 9.91. The maximum absolute atomic E-state index is 13.0. The van der Waals surface area contributed by atoms with Crippen LogP contribution in [0.1, 0.15) is 37.4 Å². The van der Waals surface area contributed by atoms with Crippen LogP contribution in [0.25, 0.3) is 11.1 Å². The van der Waals surface area contributed by atoms with Crippen molar-refractivity contribution in [2.24, 2.45) is 0 Å². The highest BCUT2D eigenvalue weighted by Gasteiger charge is 2.29. The van der Waals surface area contributed by atoms with Crippen molar-refractivity contribution < 1.29 is 24.1 Å². The van der Waals surface area contributed by atoms with E-state index < -0.39 is 6.10 Å². The first-order valence-corrected chi connectivity index (χ1v) is 10.5. The highest BCUT2D eigenvalue weighted by molar-refractivity contribution is 5.83. The molecule has 0 aromatic heterocycles. The molecule has 2 aromatic rings. The van der Waals surface area contributed by atoms with Crippen LogP contribution in [0, 0.1) is 0 Å². The predicted octanol–water partition coefficient (Wildman–Crippen LogP) is 2.66. The minimum atomic E-state index is -0.609. The molecule has 0 saturated heterocycles. The molecule has 0 saturated carbocycles. The Morgan fingerprint density at radius 3 is 2.47 bits per heavy atom. The van der Waals surface area contributed by atoms with Gasteiger partial charge in [0, 0.05) is 19.0 Å². The molecule has 2 atom stereocenters. The lowest BCUT2D eigenvalue weighted by Gasteiger charge is -2.19. The van der Waals surface area contributed by atoms with E-state index in [2.05, 4.69) is 10.6 Å². The molecule has 32 heavy (non-hydrogen) atoms. The van der Waals surface area contributed by atoms with Gasteiger partial charge in [-0.3, -0.25) is 9.59 Å². The first kappa shape index (κ1) is 23.4. The highest BCUT2D eigenvalue weighted by atomic mass is 16.5. The number of hydrogen-bond acceptors (Lipinski definition) is 7. The molecule has 3 rings (SSSR count). The third-order valence-corrected chi connectivity index (χ3v) is 5.50. The van der Waals surface area contributed by atoms with Gasteiger partial charge in [0.2, 0.25) is 17.1 Å². The molecule has 3 N–H and O–H groups in total. The summed E-state index contributed by atoms with van der Waals surface area (Å²) in [5.74, 6) is 1.33. The second-order valence-corrected chi connectivity index (χ2v) is 7.83. The SMILES string of the molecule is COc1cc2c(c(OC)c1OC)-c1ccc(NC[C@H](C)O)c(=O)cc1[C@@H](NC(C)=O)CC2. The van der Waals surface area contributed by atoms with Gasteiger partial charge >= 0.3 is 0 Å². The Morgan fingerprint density at radius 1 is 1.16 bits per heavy atom. The molecule has 0 fully saturated rings. The summed E-state index contributed by atoms with van der Waals surface area (Å²) >= 11 is 0. The van der Waals surface area contributed by atoms with E-state index in [0.717, 1.165) is 16.7 Å². The minimum absolute atomic E-state index is 0.180. The summed E-state index contributed by atoms with van der Waals surface area (Å²) in [6, 6.07) is 6.63. The van der Waals surface area contributed by atoms with E-state index in [1.54, 1.807) is 40.4 Å². The fraction of sp³-hybridized carbons (Fsp3) is 0.417. The van der Waals surface area contributed by atoms with E-state index in [0.29, 0.717) is 41.3 Å². The van der Waals surface area contributed by atoms with Gasteiger partial charge in [0.15, 0.2) is 11.5 Å². The summed E-state index contributed by atoms with van der Waals surface area (Å²) in [4.78, 5) is 24.9. The zero-order valence-corrected chi connectivity index (χ0v) is 19.1. The Bertz CT molecular complexity index is 1070. The van der Waals surface area contributed by atoms with E-state index in [1.165, 1.54) is 6.92 Å². The fourth-order valence-corrected chi connectivity index (χ4v) is 4.11. The van der Waals surface area contributed by atoms with Crippen molar-refractivity contribution in [2.75, 3.05) is 33.2 Å². The molecule has 1 amide bonds. The molecule has 0 aliphatic heterocycles. The topological polar surface area (TPSA) is 106 Å². The first-order chi connectivity index (χ1) is 15.3. The molecule has 0 heterocycles. The number of aliphatic hydroxyl groups is 1. The lowest BCUT2D eigenvalue weighted by molar-refractivity contribution is -0.119. The van der Waals surface area contributed by atoms with E-state index >= 15 is 0 Å². The van der Waals surface area contributed by atoms with Gasteiger partial charge in [0.1, 0.15) is 0 Å². The normalized spacial score (nSPS) is 15.5. The van der Waals surface area contributed by atoms with Gasteiger partial charge in [0.05, 0.1) is 39.2 Å². The fourth-order valence-electron chi connectivity index (χ4n) is 4.11. The lowest BCUT2D eigenvalue weighted by Crippen LogP contribution is -2.26. The zero-order chi connectivity index (χ0) is 23.4. The van der Waals surface area contributed by atoms with Crippen LogP contribution in [0.5, 0.6) is 17.2 Å². The number of hydrogen-bond donors (Lipinski definition) is 3. The molecule has 2 aromatic carbocycles. The number of aryl methyl sites for hydroxylation is 1. The van der Waals surface area contributed by atoms with E-state index in [-0.39, 0.29) is 23.9 Å². The Labute approximate surface area is 187 Å². The standard InChI is InChI=1S/C24H30N2O6/c1-13(27)12-25-19-9-7-16-17(11-20(19)29)18(26-14(2)28)8-6-15-10-21(30-3)23(31-4)24(32-5)22(15)16/h7,9-11,13,18,27H,6,8,12H2,1-5H3,(H,25,29)(H,26,28)/t13-,18-/m0/s1. The maximum atomic E-state index is 13.0. The third kappa shape index (κ3) is 4.65. The average molecular weight is 443 g/mol. The Kier molecular flexibility index (Phi) is 7.25. The van der Waals surface area contributed by atoms with Gasteiger partial charge in [-0.2, -0.15) is 0 Å². The van der Waals surface area contributed by atoms with Crippen molar-refractivity contribution >= 4 is 11.6 Å². The number of carbonyl (C=O) groups is 1. The number of rotatable bonds is 7. The average Bonchev–Trinajstić information content (AvgIpc) is 2.99. The maximum Gasteiger partial charge on any atom is 0.217 e. The van der Waals surface area contributed by atoms with Gasteiger partial charge in [-0.05, 0) is 54.7 Å². The van der Waals surface area contributed by atoms with Crippen molar-refractivity contribution in [3.05, 3.63) is 45.6 Å². The first-order valence-electron chi connectivity index (χ1n) is 10.5. The van der Waals surface area contributed by atoms with Gasteiger partial charge in [-0.1, -0.05) is 6.07 Å². The predicted molar refractivity (Wildman–Crippen MR) is 123 cm³/mol. The summed E-state index contributed by atoms with van der Waals surface area (Å²) < 4.78 is 16.9. The molecule has 172 valence electrons. The minimum Gasteiger partial charge on any atom is -0.493 e. The van der Waals surface area contributed by atoms with Crippen molar-refractivity contribution in [1.82, 2.24) is 5.32 Å². The highest BCUT2D eigenvalue weighted by Crippen LogP contribution is 2.50. The summed E-state index contributed by atoms with van der Waals surface area (Å²) in [6.07, 6.45) is 0.622. The number of aliphatic hydroxyl groups excluding tert-OH is 1. The van der Waals surface area contributed by atoms with Crippen LogP contribution in [0.15, 0.2) is 29.1 Å². The van der Waals surface area contributed by atoms with E-state index in [1.807, 2.05) is 12.1 Å². The zero-order valence-electron chi connectivity index (χ0n) is 19.1. The molecular formula is C24H30N2O6. The number of methoxy groups -OCH3 is 3. The van der Waals surface area contributed by atoms with Crippen molar-refractivity contribution in [3.8, 4) is 28.4 Å². The van der Waals surface area contributed by atoms with Crippen LogP contribution in [0.2, 0.25) is 0 Å². The van der Waals surface area contributed by atoms with Crippen LogP contribution >= 0.6 is 0 Å². The van der Waals surface area contributed by atoms with Gasteiger partial charge in [-0.25, -0.2) is 0 Å². The number of amides is 1. The number of anilines is 1. The number of ether oxygens (including phenoxy) is 3. The van der Waals surface area contributed by atoms with Gasteiger partial charge in [0.25, 0.3) is 0 Å². The molecule has 0 bridgehead atoms. The molecule has 0 radical (unpaired) electrons. The number of fused-ring (bicyclic) bond motifs is 3. The van der Waals surface area contributed by atoms with Crippen LogP contribution in [-0.4, -0.2) is 45.0 Å². The lowest BCUT2D eigenvalue weighted by atomic mass is 9.95. The number of carbonyl (C=O) groups excluding carboxylic acids is 1. The van der Waals surface area contributed by atoms with Crippen LogP contribution in [-0.2, 0) is 11.2 Å². The molecule has 8 heteroatoms. The Morgan fingerprint density at radius 2 is 1.88 bits per heavy atom. The van der Waals surface area contributed by atoms with Crippen molar-refractivity contribution in [1.29, 1.82) is 0 Å². The summed E-state index contributed by atoms with van der Waals surface area (Å²) in [5.41, 5.74) is 3.35. The third-order valence-electron chi connectivity index (χ3n) is 5.50. The van der Waals surface area contributed by atoms with Crippen LogP contribution in [0.3, 0.4) is 0 Å².